The normalized spacial score (nSPS) is 9.88. The highest BCUT2D eigenvalue weighted by molar-refractivity contribution is 7.13. The van der Waals surface area contributed by atoms with Crippen LogP contribution in [0.25, 0.3) is 0 Å². The molecule has 0 aromatic carbocycles. The van der Waals surface area contributed by atoms with Crippen molar-refractivity contribution in [2.45, 2.75) is 19.2 Å². The fourth-order valence-electron chi connectivity index (χ4n) is 0.895. The van der Waals surface area contributed by atoms with E-state index in [1.165, 1.54) is 18.3 Å². The Morgan fingerprint density at radius 3 is 2.94 bits per heavy atom. The van der Waals surface area contributed by atoms with E-state index in [4.69, 9.17) is 11.6 Å². The summed E-state index contributed by atoms with van der Waals surface area (Å²) >= 11 is 6.88. The van der Waals surface area contributed by atoms with Crippen LogP contribution in [0.2, 0.25) is 0 Å². The van der Waals surface area contributed by atoms with Crippen LogP contribution in [-0.4, -0.2) is 23.5 Å². The van der Waals surface area contributed by atoms with Crippen LogP contribution in [0.1, 0.15) is 19.0 Å². The number of ether oxygens (including phenoxy) is 1. The van der Waals surface area contributed by atoms with E-state index >= 15 is 0 Å². The van der Waals surface area contributed by atoms with Gasteiger partial charge >= 0.3 is 5.97 Å². The van der Waals surface area contributed by atoms with Gasteiger partial charge in [-0.2, -0.15) is 0 Å². The van der Waals surface area contributed by atoms with Crippen molar-refractivity contribution in [3.8, 4) is 0 Å². The lowest BCUT2D eigenvalue weighted by Gasteiger charge is -2.01. The zero-order valence-corrected chi connectivity index (χ0v) is 10.2. The number of nitrogens with zero attached hydrogens (tertiary/aromatic N) is 1. The van der Waals surface area contributed by atoms with E-state index in [-0.39, 0.29) is 18.9 Å². The van der Waals surface area contributed by atoms with Gasteiger partial charge in [-0.3, -0.25) is 9.59 Å². The number of anilines is 1. The number of aromatic nitrogens is 1. The first-order valence-electron chi connectivity index (χ1n) is 4.55. The number of amides is 1. The van der Waals surface area contributed by atoms with Crippen molar-refractivity contribution in [2.75, 3.05) is 11.9 Å². The molecule has 88 valence electrons. The van der Waals surface area contributed by atoms with Crippen molar-refractivity contribution in [3.63, 3.8) is 0 Å². The third-order valence-corrected chi connectivity index (χ3v) is 2.65. The summed E-state index contributed by atoms with van der Waals surface area (Å²) < 4.78 is 4.64. The van der Waals surface area contributed by atoms with Crippen LogP contribution >= 0.6 is 22.9 Å². The van der Waals surface area contributed by atoms with Crippen molar-refractivity contribution < 1.29 is 14.3 Å². The number of alkyl halides is 1. The van der Waals surface area contributed by atoms with Gasteiger partial charge in [-0.1, -0.05) is 0 Å². The molecule has 5 nitrogen and oxygen atoms in total. The zero-order chi connectivity index (χ0) is 12.0. The van der Waals surface area contributed by atoms with Crippen LogP contribution in [0.5, 0.6) is 0 Å². The summed E-state index contributed by atoms with van der Waals surface area (Å²) in [6.07, 6.45) is 0.120. The highest BCUT2D eigenvalue weighted by Gasteiger charge is 2.06. The summed E-state index contributed by atoms with van der Waals surface area (Å²) in [5.41, 5.74) is 0.724. The van der Waals surface area contributed by atoms with Crippen molar-refractivity contribution in [3.05, 3.63) is 11.1 Å². The van der Waals surface area contributed by atoms with E-state index in [1.807, 2.05) is 0 Å². The van der Waals surface area contributed by atoms with Crippen LogP contribution in [0.3, 0.4) is 0 Å². The van der Waals surface area contributed by atoms with E-state index in [9.17, 15) is 9.59 Å². The second-order valence-corrected chi connectivity index (χ2v) is 4.04. The lowest BCUT2D eigenvalue weighted by atomic mass is 10.4. The van der Waals surface area contributed by atoms with Gasteiger partial charge in [0.1, 0.15) is 6.61 Å². The minimum atomic E-state index is -0.397. The first-order valence-corrected chi connectivity index (χ1v) is 5.97. The van der Waals surface area contributed by atoms with Gasteiger partial charge in [0, 0.05) is 12.3 Å². The Bertz CT molecular complexity index is 381. The standard InChI is InChI=1S/C9H11ClN2O3S/c1-6(13)15-3-2-8(14)12-9-11-7(4-10)5-16-9/h5H,2-4H2,1H3,(H,11,12,14). The highest BCUT2D eigenvalue weighted by Crippen LogP contribution is 2.16. The molecule has 1 rings (SSSR count). The van der Waals surface area contributed by atoms with E-state index in [1.54, 1.807) is 5.38 Å². The lowest BCUT2D eigenvalue weighted by molar-refractivity contribution is -0.141. The number of halogens is 1. The van der Waals surface area contributed by atoms with E-state index in [2.05, 4.69) is 15.0 Å². The number of esters is 1. The van der Waals surface area contributed by atoms with Gasteiger partial charge in [0.2, 0.25) is 5.91 Å². The summed E-state index contributed by atoms with van der Waals surface area (Å²) in [6, 6.07) is 0. The number of hydrogen-bond acceptors (Lipinski definition) is 5. The van der Waals surface area contributed by atoms with Crippen LogP contribution < -0.4 is 5.32 Å². The Morgan fingerprint density at radius 2 is 2.38 bits per heavy atom. The fourth-order valence-corrected chi connectivity index (χ4v) is 1.85. The summed E-state index contributed by atoms with van der Waals surface area (Å²) in [5, 5.41) is 4.86. The second-order valence-electron chi connectivity index (χ2n) is 2.92. The van der Waals surface area contributed by atoms with Crippen molar-refractivity contribution in [1.29, 1.82) is 0 Å². The molecule has 0 atom stereocenters. The molecule has 1 heterocycles. The average Bonchev–Trinajstić information content (AvgIpc) is 2.65. The maximum absolute atomic E-state index is 11.3. The zero-order valence-electron chi connectivity index (χ0n) is 8.66. The number of carbonyl (C=O) groups is 2. The molecule has 0 aliphatic carbocycles. The Morgan fingerprint density at radius 1 is 1.62 bits per heavy atom. The number of nitrogens with one attached hydrogen (secondary N) is 1. The number of hydrogen-bond donors (Lipinski definition) is 1. The molecular formula is C9H11ClN2O3S. The predicted molar refractivity (Wildman–Crippen MR) is 61.6 cm³/mol. The molecule has 0 fully saturated rings. The third-order valence-electron chi connectivity index (χ3n) is 1.57. The van der Waals surface area contributed by atoms with E-state index in [0.717, 1.165) is 5.69 Å². The van der Waals surface area contributed by atoms with E-state index in [0.29, 0.717) is 11.0 Å². The second kappa shape index (κ2) is 6.44. The van der Waals surface area contributed by atoms with Gasteiger partial charge in [-0.15, -0.1) is 22.9 Å². The van der Waals surface area contributed by atoms with E-state index < -0.39 is 5.97 Å². The third kappa shape index (κ3) is 4.59. The Labute approximate surface area is 102 Å². The first-order chi connectivity index (χ1) is 7.61. The minimum absolute atomic E-state index is 0.0783. The molecule has 0 aliphatic heterocycles. The number of carbonyl (C=O) groups excluding carboxylic acids is 2. The number of thiazole rings is 1. The molecular weight excluding hydrogens is 252 g/mol. The predicted octanol–water partition coefficient (Wildman–Crippen LogP) is 1.77. The maximum atomic E-state index is 11.3. The average molecular weight is 263 g/mol. The molecule has 0 unspecified atom stereocenters. The molecule has 7 heteroatoms. The highest BCUT2D eigenvalue weighted by atomic mass is 35.5. The van der Waals surface area contributed by atoms with Gasteiger partial charge in [-0.25, -0.2) is 4.98 Å². The van der Waals surface area contributed by atoms with Gasteiger partial charge in [0.15, 0.2) is 5.13 Å². The minimum Gasteiger partial charge on any atom is -0.465 e. The first kappa shape index (κ1) is 12.9. The Hall–Kier alpha value is -1.14. The van der Waals surface area contributed by atoms with Gasteiger partial charge in [0.05, 0.1) is 18.0 Å². The van der Waals surface area contributed by atoms with Gasteiger partial charge in [0.25, 0.3) is 0 Å². The monoisotopic (exact) mass is 262 g/mol. The smallest absolute Gasteiger partial charge is 0.302 e. The van der Waals surface area contributed by atoms with Crippen molar-refractivity contribution in [1.82, 2.24) is 4.98 Å². The molecule has 0 spiro atoms. The SMILES string of the molecule is CC(=O)OCCC(=O)Nc1nc(CCl)cs1. The Kier molecular flexibility index (Phi) is 5.21. The molecule has 1 N–H and O–H groups in total. The maximum Gasteiger partial charge on any atom is 0.302 e. The molecule has 0 radical (unpaired) electrons. The van der Waals surface area contributed by atoms with Gasteiger partial charge < -0.3 is 10.1 Å². The summed E-state index contributed by atoms with van der Waals surface area (Å²) in [6.45, 7) is 1.38. The molecule has 0 saturated heterocycles. The fraction of sp³-hybridized carbons (Fsp3) is 0.444. The Balaban J connectivity index is 2.31. The molecule has 0 saturated carbocycles. The molecule has 1 aromatic heterocycles. The summed E-state index contributed by atoms with van der Waals surface area (Å²) in [5.74, 6) is -0.317. The van der Waals surface area contributed by atoms with Crippen LogP contribution in [0, 0.1) is 0 Å². The topological polar surface area (TPSA) is 68.3 Å². The van der Waals surface area contributed by atoms with Crippen LogP contribution in [-0.2, 0) is 20.2 Å². The van der Waals surface area contributed by atoms with Crippen LogP contribution in [0.15, 0.2) is 5.38 Å². The molecule has 16 heavy (non-hydrogen) atoms. The lowest BCUT2D eigenvalue weighted by Crippen LogP contribution is -2.15. The number of rotatable bonds is 5. The quantitative estimate of drug-likeness (QED) is 0.649. The van der Waals surface area contributed by atoms with Crippen molar-refractivity contribution in [2.24, 2.45) is 0 Å². The molecule has 1 amide bonds. The molecule has 1 aromatic rings. The van der Waals surface area contributed by atoms with Crippen LogP contribution in [0.4, 0.5) is 5.13 Å². The molecule has 0 aliphatic rings. The van der Waals surface area contributed by atoms with Crippen molar-refractivity contribution >= 4 is 39.9 Å². The largest absolute Gasteiger partial charge is 0.465 e. The van der Waals surface area contributed by atoms with Gasteiger partial charge in [-0.05, 0) is 0 Å². The summed E-state index contributed by atoms with van der Waals surface area (Å²) in [7, 11) is 0. The summed E-state index contributed by atoms with van der Waals surface area (Å²) in [4.78, 5) is 25.8. The molecule has 0 bridgehead atoms.